The van der Waals surface area contributed by atoms with E-state index < -0.39 is 26.6 Å². The summed E-state index contributed by atoms with van der Waals surface area (Å²) >= 11 is 0. The highest BCUT2D eigenvalue weighted by Gasteiger charge is 2.24. The van der Waals surface area contributed by atoms with E-state index in [1.165, 1.54) is 96.3 Å². The van der Waals surface area contributed by atoms with E-state index in [0.29, 0.717) is 6.42 Å². The van der Waals surface area contributed by atoms with Crippen molar-refractivity contribution in [2.24, 2.45) is 0 Å². The van der Waals surface area contributed by atoms with Crippen LogP contribution in [0.15, 0.2) is 12.2 Å². The number of amides is 1. The first-order valence-corrected chi connectivity index (χ1v) is 17.2. The zero-order valence-electron chi connectivity index (χ0n) is 24.6. The minimum absolute atomic E-state index is 0.231. The molecule has 0 aromatic heterocycles. The second-order valence-electron chi connectivity index (χ2n) is 10.8. The first kappa shape index (κ1) is 37.3. The van der Waals surface area contributed by atoms with Crippen LogP contribution in [0.3, 0.4) is 0 Å². The Morgan fingerprint density at radius 3 is 1.61 bits per heavy atom. The van der Waals surface area contributed by atoms with Gasteiger partial charge in [0.05, 0.1) is 18.8 Å². The van der Waals surface area contributed by atoms with E-state index in [9.17, 15) is 14.5 Å². The van der Waals surface area contributed by atoms with Crippen molar-refractivity contribution in [1.29, 1.82) is 0 Å². The van der Waals surface area contributed by atoms with Crippen LogP contribution < -0.4 is 5.32 Å². The summed E-state index contributed by atoms with van der Waals surface area (Å²) in [5.74, 6) is -0.231. The van der Waals surface area contributed by atoms with Crippen molar-refractivity contribution in [2.45, 2.75) is 167 Å². The number of aliphatic hydroxyl groups excluding tert-OH is 1. The lowest BCUT2D eigenvalue weighted by Crippen LogP contribution is -2.45. The lowest BCUT2D eigenvalue weighted by molar-refractivity contribution is -0.123. The predicted octanol–water partition coefficient (Wildman–Crippen LogP) is 8.12. The van der Waals surface area contributed by atoms with Gasteiger partial charge in [-0.15, -0.1) is 0 Å². The van der Waals surface area contributed by atoms with E-state index >= 15 is 0 Å². The molecule has 0 aromatic carbocycles. The molecule has 38 heavy (non-hydrogen) atoms. The normalized spacial score (nSPS) is 13.7. The Kier molecular flexibility index (Phi) is 26.0. The van der Waals surface area contributed by atoms with Crippen LogP contribution in [-0.2, 0) is 13.9 Å². The number of aliphatic hydroxyl groups is 1. The Morgan fingerprint density at radius 1 is 0.737 bits per heavy atom. The minimum atomic E-state index is -4.69. The standard InChI is InChI=1S/C30H60NO6P/c1-3-5-7-9-11-13-14-15-16-18-19-21-23-25-29(32)28(27-37-38(34,35)36)31-30(33)26-24-22-20-17-12-10-8-6-4-2/h23,25,28-29,32H,3-22,24,26-27H2,1-2H3,(H,31,33)(H2,34,35,36). The number of rotatable bonds is 28. The Bertz CT molecular complexity index is 610. The van der Waals surface area contributed by atoms with Gasteiger partial charge in [0.15, 0.2) is 0 Å². The van der Waals surface area contributed by atoms with Crippen LogP contribution in [0.4, 0.5) is 0 Å². The number of phosphoric ester groups is 1. The number of hydrogen-bond acceptors (Lipinski definition) is 4. The van der Waals surface area contributed by atoms with Gasteiger partial charge >= 0.3 is 7.82 Å². The van der Waals surface area contributed by atoms with Gasteiger partial charge in [-0.05, 0) is 19.3 Å². The number of phosphoric acid groups is 1. The van der Waals surface area contributed by atoms with Crippen molar-refractivity contribution in [2.75, 3.05) is 6.61 Å². The zero-order chi connectivity index (χ0) is 28.3. The van der Waals surface area contributed by atoms with Crippen LogP contribution in [0.2, 0.25) is 0 Å². The van der Waals surface area contributed by atoms with Gasteiger partial charge < -0.3 is 20.2 Å². The number of allylic oxidation sites excluding steroid dienone is 1. The van der Waals surface area contributed by atoms with Gasteiger partial charge in [-0.25, -0.2) is 4.57 Å². The lowest BCUT2D eigenvalue weighted by Gasteiger charge is -2.22. The summed E-state index contributed by atoms with van der Waals surface area (Å²) in [5, 5.41) is 13.2. The fraction of sp³-hybridized carbons (Fsp3) is 0.900. The summed E-state index contributed by atoms with van der Waals surface area (Å²) < 4.78 is 15.7. The summed E-state index contributed by atoms with van der Waals surface area (Å²) in [6, 6.07) is -0.901. The quantitative estimate of drug-likeness (QED) is 0.0435. The zero-order valence-corrected chi connectivity index (χ0v) is 25.5. The second-order valence-corrected chi connectivity index (χ2v) is 12.0. The van der Waals surface area contributed by atoms with E-state index in [1.54, 1.807) is 6.08 Å². The van der Waals surface area contributed by atoms with Crippen LogP contribution >= 0.6 is 7.82 Å². The fourth-order valence-electron chi connectivity index (χ4n) is 4.57. The molecular weight excluding hydrogens is 501 g/mol. The largest absolute Gasteiger partial charge is 0.469 e. The summed E-state index contributed by atoms with van der Waals surface area (Å²) in [6.07, 6.45) is 28.0. The Labute approximate surface area is 233 Å². The van der Waals surface area contributed by atoms with Gasteiger partial charge in [-0.3, -0.25) is 9.32 Å². The van der Waals surface area contributed by atoms with Gasteiger partial charge in [0, 0.05) is 6.42 Å². The first-order valence-electron chi connectivity index (χ1n) is 15.6. The molecule has 0 saturated heterocycles. The summed E-state index contributed by atoms with van der Waals surface area (Å²) in [5.41, 5.74) is 0. The number of hydrogen-bond donors (Lipinski definition) is 4. The Hall–Kier alpha value is -0.720. The average Bonchev–Trinajstić information content (AvgIpc) is 2.87. The third-order valence-electron chi connectivity index (χ3n) is 7.00. The maximum Gasteiger partial charge on any atom is 0.469 e. The molecule has 7 nitrogen and oxygen atoms in total. The molecule has 0 rings (SSSR count). The van der Waals surface area contributed by atoms with Crippen LogP contribution in [0.5, 0.6) is 0 Å². The van der Waals surface area contributed by atoms with Crippen molar-refractivity contribution in [1.82, 2.24) is 5.32 Å². The number of carbonyl (C=O) groups is 1. The molecule has 0 aliphatic heterocycles. The molecule has 0 heterocycles. The first-order chi connectivity index (χ1) is 18.3. The van der Waals surface area contributed by atoms with Gasteiger partial charge in [0.25, 0.3) is 0 Å². The van der Waals surface area contributed by atoms with Gasteiger partial charge in [-0.2, -0.15) is 0 Å². The van der Waals surface area contributed by atoms with E-state index in [0.717, 1.165) is 38.5 Å². The molecule has 0 radical (unpaired) electrons. The monoisotopic (exact) mass is 561 g/mol. The molecule has 1 amide bonds. The van der Waals surface area contributed by atoms with Crippen molar-refractivity contribution in [3.8, 4) is 0 Å². The van der Waals surface area contributed by atoms with Crippen molar-refractivity contribution < 1.29 is 28.8 Å². The maximum absolute atomic E-state index is 12.4. The van der Waals surface area contributed by atoms with Crippen LogP contribution in [-0.4, -0.2) is 39.6 Å². The molecule has 2 unspecified atom stereocenters. The number of unbranched alkanes of at least 4 members (excludes halogenated alkanes) is 19. The number of carbonyl (C=O) groups excluding carboxylic acids is 1. The Balaban J connectivity index is 4.15. The Morgan fingerprint density at radius 2 is 1.16 bits per heavy atom. The highest BCUT2D eigenvalue weighted by molar-refractivity contribution is 7.46. The molecule has 0 spiro atoms. The molecule has 0 bridgehead atoms. The SMILES string of the molecule is CCCCCCCCCCCCCC=CC(O)C(COP(=O)(O)O)NC(=O)CCCCCCCCCCC. The average molecular weight is 562 g/mol. The molecule has 0 aromatic rings. The van der Waals surface area contributed by atoms with E-state index in [-0.39, 0.29) is 5.91 Å². The lowest BCUT2D eigenvalue weighted by atomic mass is 10.0. The molecule has 0 saturated carbocycles. The van der Waals surface area contributed by atoms with E-state index in [2.05, 4.69) is 23.7 Å². The second kappa shape index (κ2) is 26.5. The van der Waals surface area contributed by atoms with E-state index in [1.807, 2.05) is 6.08 Å². The summed E-state index contributed by atoms with van der Waals surface area (Å²) in [6.45, 7) is 4.01. The van der Waals surface area contributed by atoms with Gasteiger partial charge in [0.1, 0.15) is 0 Å². The van der Waals surface area contributed by atoms with Gasteiger partial charge in [-0.1, -0.05) is 142 Å². The topological polar surface area (TPSA) is 116 Å². The predicted molar refractivity (Wildman–Crippen MR) is 158 cm³/mol. The van der Waals surface area contributed by atoms with Gasteiger partial charge in [0.2, 0.25) is 5.91 Å². The molecule has 0 aliphatic carbocycles. The fourth-order valence-corrected chi connectivity index (χ4v) is 4.93. The number of nitrogens with one attached hydrogen (secondary N) is 1. The smallest absolute Gasteiger partial charge is 0.387 e. The summed E-state index contributed by atoms with van der Waals surface area (Å²) in [4.78, 5) is 30.5. The molecule has 0 aliphatic rings. The molecular formula is C30H60NO6P. The highest BCUT2D eigenvalue weighted by Crippen LogP contribution is 2.35. The molecule has 2 atom stereocenters. The van der Waals surface area contributed by atoms with Crippen LogP contribution in [0.1, 0.15) is 155 Å². The van der Waals surface area contributed by atoms with Crippen molar-refractivity contribution >= 4 is 13.7 Å². The minimum Gasteiger partial charge on any atom is -0.387 e. The third kappa shape index (κ3) is 26.9. The van der Waals surface area contributed by atoms with Crippen molar-refractivity contribution in [3.05, 3.63) is 12.2 Å². The van der Waals surface area contributed by atoms with E-state index in [4.69, 9.17) is 9.79 Å². The molecule has 4 N–H and O–H groups in total. The molecule has 226 valence electrons. The third-order valence-corrected chi connectivity index (χ3v) is 7.48. The highest BCUT2D eigenvalue weighted by atomic mass is 31.2. The summed E-state index contributed by atoms with van der Waals surface area (Å²) in [7, 11) is -4.69. The van der Waals surface area contributed by atoms with Crippen LogP contribution in [0, 0.1) is 0 Å². The maximum atomic E-state index is 12.4. The molecule has 8 heteroatoms. The molecule has 0 fully saturated rings. The van der Waals surface area contributed by atoms with Crippen LogP contribution in [0.25, 0.3) is 0 Å². The van der Waals surface area contributed by atoms with Crippen molar-refractivity contribution in [3.63, 3.8) is 0 Å².